The molecule has 0 aliphatic carbocycles. The van der Waals surface area contributed by atoms with Gasteiger partial charge in [0, 0.05) is 6.54 Å². The first-order valence-corrected chi connectivity index (χ1v) is 5.12. The number of hydrogen-bond donors (Lipinski definition) is 1. The number of nitriles is 1. The van der Waals surface area contributed by atoms with Gasteiger partial charge in [0.05, 0.1) is 15.7 Å². The topological polar surface area (TPSA) is 35.8 Å². The van der Waals surface area contributed by atoms with Crippen molar-refractivity contribution in [2.24, 2.45) is 0 Å². The highest BCUT2D eigenvalue weighted by Gasteiger charge is 2.10. The Hall–Kier alpha value is -1.34. The van der Waals surface area contributed by atoms with Crippen molar-refractivity contribution in [3.63, 3.8) is 0 Å². The first kappa shape index (κ1) is 11.7. The summed E-state index contributed by atoms with van der Waals surface area (Å²) in [5, 5.41) is 11.6. The molecule has 0 unspecified atom stereocenters. The number of benzene rings is 1. The molecule has 0 aromatic heterocycles. The van der Waals surface area contributed by atoms with Crippen molar-refractivity contribution in [3.8, 4) is 6.07 Å². The van der Waals surface area contributed by atoms with E-state index in [1.54, 1.807) is 12.1 Å². The fourth-order valence-corrected chi connectivity index (χ4v) is 1.45. The van der Waals surface area contributed by atoms with Crippen LogP contribution in [0.2, 0.25) is 0 Å². The van der Waals surface area contributed by atoms with E-state index in [1.807, 2.05) is 13.0 Å². The van der Waals surface area contributed by atoms with E-state index >= 15 is 0 Å². The SMILES string of the molecule is C=C(C)CNc1ccc(C#N)c(Br)c1F. The molecule has 15 heavy (non-hydrogen) atoms. The van der Waals surface area contributed by atoms with Crippen LogP contribution in [0.3, 0.4) is 0 Å². The number of anilines is 1. The molecule has 1 rings (SSSR count). The van der Waals surface area contributed by atoms with Crippen LogP contribution in [0.25, 0.3) is 0 Å². The molecule has 0 aliphatic heterocycles. The van der Waals surface area contributed by atoms with E-state index in [4.69, 9.17) is 5.26 Å². The molecular weight excluding hydrogens is 259 g/mol. The lowest BCUT2D eigenvalue weighted by atomic mass is 10.2. The van der Waals surface area contributed by atoms with Crippen LogP contribution in [0.15, 0.2) is 28.8 Å². The summed E-state index contributed by atoms with van der Waals surface area (Å²) in [6.07, 6.45) is 0. The van der Waals surface area contributed by atoms with Gasteiger partial charge in [-0.15, -0.1) is 0 Å². The van der Waals surface area contributed by atoms with Crippen molar-refractivity contribution in [1.29, 1.82) is 5.26 Å². The third kappa shape index (κ3) is 2.80. The van der Waals surface area contributed by atoms with Crippen LogP contribution in [0.4, 0.5) is 10.1 Å². The maximum atomic E-state index is 13.6. The summed E-state index contributed by atoms with van der Waals surface area (Å²) in [7, 11) is 0. The first-order chi connectivity index (χ1) is 7.06. The largest absolute Gasteiger partial charge is 0.379 e. The minimum Gasteiger partial charge on any atom is -0.379 e. The Morgan fingerprint density at radius 2 is 2.33 bits per heavy atom. The van der Waals surface area contributed by atoms with Crippen LogP contribution in [0, 0.1) is 17.1 Å². The lowest BCUT2D eigenvalue weighted by molar-refractivity contribution is 0.623. The average Bonchev–Trinajstić information content (AvgIpc) is 2.20. The average molecular weight is 269 g/mol. The Balaban J connectivity index is 2.98. The maximum Gasteiger partial charge on any atom is 0.161 e. The zero-order valence-electron chi connectivity index (χ0n) is 8.27. The van der Waals surface area contributed by atoms with E-state index in [0.717, 1.165) is 5.57 Å². The molecular formula is C11H10BrFN2. The van der Waals surface area contributed by atoms with Crippen LogP contribution >= 0.6 is 15.9 Å². The van der Waals surface area contributed by atoms with Gasteiger partial charge in [-0.2, -0.15) is 5.26 Å². The number of halogens is 2. The first-order valence-electron chi connectivity index (χ1n) is 4.32. The van der Waals surface area contributed by atoms with E-state index in [-0.39, 0.29) is 10.0 Å². The molecule has 1 N–H and O–H groups in total. The second kappa shape index (κ2) is 4.94. The molecule has 0 spiro atoms. The molecule has 0 atom stereocenters. The molecule has 4 heteroatoms. The Morgan fingerprint density at radius 1 is 1.67 bits per heavy atom. The van der Waals surface area contributed by atoms with Crippen LogP contribution in [0.1, 0.15) is 12.5 Å². The van der Waals surface area contributed by atoms with Crippen LogP contribution in [0.5, 0.6) is 0 Å². The second-order valence-corrected chi connectivity index (χ2v) is 4.00. The molecule has 1 aromatic rings. The van der Waals surface area contributed by atoms with Crippen molar-refractivity contribution in [3.05, 3.63) is 40.1 Å². The minimum atomic E-state index is -0.449. The minimum absolute atomic E-state index is 0.191. The molecule has 0 bridgehead atoms. The Morgan fingerprint density at radius 3 is 2.87 bits per heavy atom. The summed E-state index contributed by atoms with van der Waals surface area (Å²) in [5.74, 6) is -0.449. The predicted octanol–water partition coefficient (Wildman–Crippen LogP) is 3.45. The summed E-state index contributed by atoms with van der Waals surface area (Å²) in [4.78, 5) is 0. The molecule has 0 aliphatic rings. The summed E-state index contributed by atoms with van der Waals surface area (Å²) >= 11 is 3.04. The standard InChI is InChI=1S/C11H10BrFN2/c1-7(2)6-15-9-4-3-8(5-14)10(12)11(9)13/h3-4,15H,1,6H2,2H3. The van der Waals surface area contributed by atoms with Gasteiger partial charge in [-0.3, -0.25) is 0 Å². The highest BCUT2D eigenvalue weighted by atomic mass is 79.9. The van der Waals surface area contributed by atoms with Crippen LogP contribution in [-0.4, -0.2) is 6.54 Å². The van der Waals surface area contributed by atoms with Gasteiger partial charge >= 0.3 is 0 Å². The van der Waals surface area contributed by atoms with Gasteiger partial charge in [-0.25, -0.2) is 4.39 Å². The number of nitrogens with zero attached hydrogens (tertiary/aromatic N) is 1. The molecule has 78 valence electrons. The van der Waals surface area contributed by atoms with Crippen molar-refractivity contribution in [2.45, 2.75) is 6.92 Å². The lowest BCUT2D eigenvalue weighted by Crippen LogP contribution is -2.04. The monoisotopic (exact) mass is 268 g/mol. The van der Waals surface area contributed by atoms with E-state index < -0.39 is 5.82 Å². The predicted molar refractivity (Wildman–Crippen MR) is 62.1 cm³/mol. The number of hydrogen-bond acceptors (Lipinski definition) is 2. The van der Waals surface area contributed by atoms with Crippen LogP contribution in [-0.2, 0) is 0 Å². The third-order valence-corrected chi connectivity index (χ3v) is 2.56. The molecule has 1 aromatic carbocycles. The highest BCUT2D eigenvalue weighted by Crippen LogP contribution is 2.26. The zero-order valence-corrected chi connectivity index (χ0v) is 9.86. The fourth-order valence-electron chi connectivity index (χ4n) is 1.02. The van der Waals surface area contributed by atoms with Crippen molar-refractivity contribution in [2.75, 3.05) is 11.9 Å². The van der Waals surface area contributed by atoms with Crippen molar-refractivity contribution < 1.29 is 4.39 Å². The Labute approximate surface area is 96.5 Å². The van der Waals surface area contributed by atoms with Gasteiger partial charge in [-0.05, 0) is 35.0 Å². The number of nitrogens with one attached hydrogen (secondary N) is 1. The maximum absolute atomic E-state index is 13.6. The van der Waals surface area contributed by atoms with E-state index in [1.165, 1.54) is 0 Å². The summed E-state index contributed by atoms with van der Waals surface area (Å²) < 4.78 is 13.8. The van der Waals surface area contributed by atoms with E-state index in [0.29, 0.717) is 12.2 Å². The van der Waals surface area contributed by atoms with Crippen molar-refractivity contribution in [1.82, 2.24) is 0 Å². The molecule has 0 amide bonds. The summed E-state index contributed by atoms with van der Waals surface area (Å²) in [6, 6.07) is 5.00. The van der Waals surface area contributed by atoms with E-state index in [2.05, 4.69) is 27.8 Å². The van der Waals surface area contributed by atoms with Gasteiger partial charge in [-0.1, -0.05) is 12.2 Å². The lowest BCUT2D eigenvalue weighted by Gasteiger charge is -2.08. The van der Waals surface area contributed by atoms with Crippen LogP contribution < -0.4 is 5.32 Å². The highest BCUT2D eigenvalue weighted by molar-refractivity contribution is 9.10. The molecule has 0 fully saturated rings. The van der Waals surface area contributed by atoms with Gasteiger partial charge in [0.25, 0.3) is 0 Å². The van der Waals surface area contributed by atoms with Gasteiger partial charge in [0.1, 0.15) is 6.07 Å². The molecule has 0 heterocycles. The molecule has 2 nitrogen and oxygen atoms in total. The smallest absolute Gasteiger partial charge is 0.161 e. The molecule has 0 saturated heterocycles. The van der Waals surface area contributed by atoms with Gasteiger partial charge in [0.2, 0.25) is 0 Å². The second-order valence-electron chi connectivity index (χ2n) is 3.21. The zero-order chi connectivity index (χ0) is 11.4. The Bertz CT molecular complexity index is 435. The summed E-state index contributed by atoms with van der Waals surface area (Å²) in [6.45, 7) is 6.07. The van der Waals surface area contributed by atoms with Gasteiger partial charge < -0.3 is 5.32 Å². The Kier molecular flexibility index (Phi) is 3.87. The third-order valence-electron chi connectivity index (χ3n) is 1.78. The number of rotatable bonds is 3. The summed E-state index contributed by atoms with van der Waals surface area (Å²) in [5.41, 5.74) is 1.56. The fraction of sp³-hybridized carbons (Fsp3) is 0.182. The normalized spacial score (nSPS) is 9.47. The quantitative estimate of drug-likeness (QED) is 0.853. The molecule has 0 radical (unpaired) electrons. The van der Waals surface area contributed by atoms with Crippen molar-refractivity contribution >= 4 is 21.6 Å². The van der Waals surface area contributed by atoms with E-state index in [9.17, 15) is 4.39 Å². The van der Waals surface area contributed by atoms with Gasteiger partial charge in [0.15, 0.2) is 5.82 Å². The molecule has 0 saturated carbocycles.